The van der Waals surface area contributed by atoms with Crippen LogP contribution in [0.2, 0.25) is 0 Å². The standard InChI is InChI=1S/C43H50N8O8/c1-26(2)35(47-42(56)58-3)39(53)50-22-8-12-33(50)37-44-25-32(46-37)30-20-18-29(19-21-30)28-16-14-27(15-17-28)24-45-41(55)49-38(52)34-13-9-23-51(34)40(54)36(48-43(57)59-4)31-10-6-5-7-11-31/h5-7,10-11,14-21,25-26,33-36H,8-9,12-13,22-24H2,1-4H3,(H,44,46)(H,47,56)(H,48,57)(H2,45,49,52,55). The van der Waals surface area contributed by atoms with Gasteiger partial charge < -0.3 is 40.2 Å². The monoisotopic (exact) mass is 806 g/mol. The number of amides is 7. The highest BCUT2D eigenvalue weighted by molar-refractivity contribution is 5.99. The zero-order valence-corrected chi connectivity index (χ0v) is 33.5. The van der Waals surface area contributed by atoms with E-state index in [0.717, 1.165) is 40.8 Å². The molecule has 59 heavy (non-hydrogen) atoms. The number of methoxy groups -OCH3 is 2. The Morgan fingerprint density at radius 3 is 2.03 bits per heavy atom. The zero-order chi connectivity index (χ0) is 42.1. The van der Waals surface area contributed by atoms with E-state index in [4.69, 9.17) is 9.47 Å². The van der Waals surface area contributed by atoms with Crippen molar-refractivity contribution in [3.05, 3.63) is 102 Å². The molecule has 4 aromatic rings. The van der Waals surface area contributed by atoms with Crippen LogP contribution in [0.25, 0.3) is 22.4 Å². The molecule has 4 unspecified atom stereocenters. The molecule has 0 bridgehead atoms. The third-order valence-electron chi connectivity index (χ3n) is 10.7. The second-order valence-electron chi connectivity index (χ2n) is 14.8. The van der Waals surface area contributed by atoms with Crippen LogP contribution in [0.15, 0.2) is 85.1 Å². The van der Waals surface area contributed by atoms with E-state index >= 15 is 0 Å². The fourth-order valence-electron chi connectivity index (χ4n) is 7.50. The smallest absolute Gasteiger partial charge is 0.407 e. The van der Waals surface area contributed by atoms with Gasteiger partial charge in [0.2, 0.25) is 5.91 Å². The first-order valence-electron chi connectivity index (χ1n) is 19.7. The van der Waals surface area contributed by atoms with Gasteiger partial charge in [-0.2, -0.15) is 0 Å². The highest BCUT2D eigenvalue weighted by atomic mass is 16.5. The summed E-state index contributed by atoms with van der Waals surface area (Å²) in [5, 5.41) is 10.3. The van der Waals surface area contributed by atoms with Gasteiger partial charge in [-0.25, -0.2) is 19.4 Å². The number of imide groups is 1. The number of ether oxygens (including phenoxy) is 2. The molecule has 5 N–H and O–H groups in total. The molecule has 310 valence electrons. The first kappa shape index (κ1) is 41.9. The van der Waals surface area contributed by atoms with Gasteiger partial charge in [0, 0.05) is 19.6 Å². The number of likely N-dealkylation sites (tertiary alicyclic amines) is 2. The maximum Gasteiger partial charge on any atom is 0.407 e. The van der Waals surface area contributed by atoms with Gasteiger partial charge in [-0.3, -0.25) is 19.7 Å². The van der Waals surface area contributed by atoms with E-state index in [-0.39, 0.29) is 24.4 Å². The van der Waals surface area contributed by atoms with Crippen LogP contribution in [0.1, 0.15) is 68.6 Å². The number of alkyl carbamates (subject to hydrolysis) is 2. The Balaban J connectivity index is 1.01. The van der Waals surface area contributed by atoms with Gasteiger partial charge in [0.1, 0.15) is 23.9 Å². The number of carbonyl (C=O) groups is 6. The quantitative estimate of drug-likeness (QED) is 0.127. The number of rotatable bonds is 12. The summed E-state index contributed by atoms with van der Waals surface area (Å²) >= 11 is 0. The molecule has 1 aromatic heterocycles. The lowest BCUT2D eigenvalue weighted by Gasteiger charge is -2.30. The predicted octanol–water partition coefficient (Wildman–Crippen LogP) is 5.20. The van der Waals surface area contributed by atoms with Gasteiger partial charge in [-0.05, 0) is 59.4 Å². The Hall–Kier alpha value is -6.71. The molecule has 2 saturated heterocycles. The van der Waals surface area contributed by atoms with E-state index in [1.165, 1.54) is 19.1 Å². The number of H-pyrrole nitrogens is 1. The van der Waals surface area contributed by atoms with Gasteiger partial charge in [0.05, 0.1) is 32.2 Å². The van der Waals surface area contributed by atoms with Crippen LogP contribution in [-0.2, 0) is 30.4 Å². The zero-order valence-electron chi connectivity index (χ0n) is 33.5. The van der Waals surface area contributed by atoms with E-state index in [0.29, 0.717) is 37.3 Å². The molecule has 3 aromatic carbocycles. The first-order valence-corrected chi connectivity index (χ1v) is 19.7. The summed E-state index contributed by atoms with van der Waals surface area (Å²) in [5.74, 6) is -0.681. The molecule has 0 saturated carbocycles. The molecule has 16 heteroatoms. The third kappa shape index (κ3) is 10.1. The Kier molecular flexibility index (Phi) is 13.6. The highest BCUT2D eigenvalue weighted by Crippen LogP contribution is 2.33. The van der Waals surface area contributed by atoms with E-state index in [1.54, 1.807) is 41.4 Å². The SMILES string of the molecule is COC(=O)NC(C(=O)N1CCCC1C(=O)NC(=O)NCc1ccc(-c2ccc(-c3cnc(C4CCCN4C(=O)C(NC(=O)OC)C(C)C)[nH]3)cc2)cc1)c1ccccc1. The maximum absolute atomic E-state index is 13.6. The lowest BCUT2D eigenvalue weighted by atomic mass is 10.0. The minimum Gasteiger partial charge on any atom is -0.453 e. The Labute approximate surface area is 342 Å². The lowest BCUT2D eigenvalue weighted by molar-refractivity contribution is -0.139. The summed E-state index contributed by atoms with van der Waals surface area (Å²) in [6, 6.07) is 20.8. The molecule has 0 spiro atoms. The van der Waals surface area contributed by atoms with Crippen molar-refractivity contribution in [2.75, 3.05) is 27.3 Å². The Morgan fingerprint density at radius 2 is 1.37 bits per heavy atom. The molecule has 2 fully saturated rings. The summed E-state index contributed by atoms with van der Waals surface area (Å²) in [6.07, 6.45) is 2.85. The fourth-order valence-corrected chi connectivity index (χ4v) is 7.50. The lowest BCUT2D eigenvalue weighted by Crippen LogP contribution is -2.52. The molecular weight excluding hydrogens is 757 g/mol. The molecular formula is C43H50N8O8. The van der Waals surface area contributed by atoms with Gasteiger partial charge >= 0.3 is 18.2 Å². The number of nitrogens with zero attached hydrogens (tertiary/aromatic N) is 3. The summed E-state index contributed by atoms with van der Waals surface area (Å²) in [6.45, 7) is 4.79. The van der Waals surface area contributed by atoms with Crippen molar-refractivity contribution in [1.29, 1.82) is 0 Å². The van der Waals surface area contributed by atoms with Crippen molar-refractivity contribution in [1.82, 2.24) is 41.0 Å². The van der Waals surface area contributed by atoms with Crippen LogP contribution in [0.4, 0.5) is 14.4 Å². The number of nitrogens with one attached hydrogen (secondary N) is 5. The minimum atomic E-state index is -1.06. The Morgan fingerprint density at radius 1 is 0.763 bits per heavy atom. The van der Waals surface area contributed by atoms with Crippen molar-refractivity contribution in [2.24, 2.45) is 5.92 Å². The van der Waals surface area contributed by atoms with Crippen molar-refractivity contribution in [3.63, 3.8) is 0 Å². The predicted molar refractivity (Wildman–Crippen MR) is 217 cm³/mol. The van der Waals surface area contributed by atoms with E-state index < -0.39 is 48.2 Å². The second-order valence-corrected chi connectivity index (χ2v) is 14.8. The molecule has 7 amide bonds. The number of carbonyl (C=O) groups excluding carboxylic acids is 6. The van der Waals surface area contributed by atoms with Crippen LogP contribution in [-0.4, -0.2) is 95.1 Å². The summed E-state index contributed by atoms with van der Waals surface area (Å²) in [7, 11) is 2.48. The number of urea groups is 1. The van der Waals surface area contributed by atoms with E-state index in [9.17, 15) is 28.8 Å². The number of imidazole rings is 1. The first-order chi connectivity index (χ1) is 28.5. The molecule has 6 rings (SSSR count). The largest absolute Gasteiger partial charge is 0.453 e. The number of hydrogen-bond acceptors (Lipinski definition) is 9. The summed E-state index contributed by atoms with van der Waals surface area (Å²) < 4.78 is 9.46. The summed E-state index contributed by atoms with van der Waals surface area (Å²) in [5.41, 5.74) is 5.04. The number of aromatic nitrogens is 2. The van der Waals surface area contributed by atoms with Gasteiger partial charge in [0.15, 0.2) is 0 Å². The molecule has 0 aliphatic carbocycles. The van der Waals surface area contributed by atoms with Gasteiger partial charge in [-0.1, -0.05) is 92.7 Å². The minimum absolute atomic E-state index is 0.125. The van der Waals surface area contributed by atoms with Gasteiger partial charge in [-0.15, -0.1) is 0 Å². The number of aromatic amines is 1. The van der Waals surface area contributed by atoms with Crippen LogP contribution in [0, 0.1) is 5.92 Å². The average Bonchev–Trinajstić information content (AvgIpc) is 4.06. The average molecular weight is 807 g/mol. The number of benzene rings is 3. The van der Waals surface area contributed by atoms with Gasteiger partial charge in [0.25, 0.3) is 11.8 Å². The third-order valence-corrected chi connectivity index (χ3v) is 10.7. The second kappa shape index (κ2) is 19.2. The van der Waals surface area contributed by atoms with Crippen molar-refractivity contribution >= 4 is 35.9 Å². The van der Waals surface area contributed by atoms with Crippen molar-refractivity contribution < 1.29 is 38.2 Å². The van der Waals surface area contributed by atoms with Crippen LogP contribution in [0.5, 0.6) is 0 Å². The van der Waals surface area contributed by atoms with Crippen LogP contribution >= 0.6 is 0 Å². The topological polar surface area (TPSA) is 204 Å². The molecule has 2 aliphatic heterocycles. The van der Waals surface area contributed by atoms with Crippen LogP contribution < -0.4 is 21.3 Å². The number of hydrogen-bond donors (Lipinski definition) is 5. The molecule has 4 atom stereocenters. The maximum atomic E-state index is 13.6. The Bertz CT molecular complexity index is 2120. The van der Waals surface area contributed by atoms with Crippen molar-refractivity contribution in [2.45, 2.75) is 70.2 Å². The molecule has 16 nitrogen and oxygen atoms in total. The van der Waals surface area contributed by atoms with E-state index in [2.05, 4.69) is 31.2 Å². The van der Waals surface area contributed by atoms with Crippen LogP contribution in [0.3, 0.4) is 0 Å². The molecule has 2 aliphatic rings. The van der Waals surface area contributed by atoms with E-state index in [1.807, 2.05) is 62.4 Å². The fraction of sp³-hybridized carbons (Fsp3) is 0.372. The molecule has 3 heterocycles. The summed E-state index contributed by atoms with van der Waals surface area (Å²) in [4.78, 5) is 88.3. The highest BCUT2D eigenvalue weighted by Gasteiger charge is 2.40. The normalized spacial score (nSPS) is 17.2. The molecule has 0 radical (unpaired) electrons. The van der Waals surface area contributed by atoms with Crippen molar-refractivity contribution in [3.8, 4) is 22.4 Å².